The molecule has 0 saturated heterocycles. The van der Waals surface area contributed by atoms with Crippen LogP contribution in [-0.2, 0) is 10.0 Å². The van der Waals surface area contributed by atoms with E-state index < -0.39 is 10.0 Å². The van der Waals surface area contributed by atoms with Crippen molar-refractivity contribution >= 4 is 15.8 Å². The molecule has 1 aromatic heterocycles. The SMILES string of the molecule is CCCCN(C)S(=O)(=O)c1cccnc1NCC. The molecule has 0 aromatic carbocycles. The van der Waals surface area contributed by atoms with Crippen molar-refractivity contribution < 1.29 is 8.42 Å². The average molecular weight is 271 g/mol. The highest BCUT2D eigenvalue weighted by Crippen LogP contribution is 2.21. The van der Waals surface area contributed by atoms with Crippen molar-refractivity contribution in [1.82, 2.24) is 9.29 Å². The van der Waals surface area contributed by atoms with E-state index in [4.69, 9.17) is 0 Å². The zero-order chi connectivity index (χ0) is 13.6. The fourth-order valence-corrected chi connectivity index (χ4v) is 2.89. The Kier molecular flexibility index (Phi) is 5.55. The van der Waals surface area contributed by atoms with Gasteiger partial charge in [0.2, 0.25) is 10.0 Å². The van der Waals surface area contributed by atoms with Gasteiger partial charge in [0.05, 0.1) is 0 Å². The molecule has 102 valence electrons. The smallest absolute Gasteiger partial charge is 0.246 e. The Hall–Kier alpha value is -1.14. The van der Waals surface area contributed by atoms with E-state index in [1.807, 2.05) is 13.8 Å². The maximum atomic E-state index is 12.4. The minimum absolute atomic E-state index is 0.241. The second-order valence-corrected chi connectivity index (χ2v) is 6.07. The van der Waals surface area contributed by atoms with Gasteiger partial charge in [0, 0.05) is 26.3 Å². The lowest BCUT2D eigenvalue weighted by Crippen LogP contribution is -2.28. The van der Waals surface area contributed by atoms with Gasteiger partial charge in [0.25, 0.3) is 0 Å². The molecule has 0 saturated carbocycles. The first-order chi connectivity index (χ1) is 8.54. The van der Waals surface area contributed by atoms with Gasteiger partial charge < -0.3 is 5.32 Å². The van der Waals surface area contributed by atoms with Crippen LogP contribution in [0.3, 0.4) is 0 Å². The molecule has 0 bridgehead atoms. The zero-order valence-electron chi connectivity index (χ0n) is 11.2. The molecule has 1 aromatic rings. The van der Waals surface area contributed by atoms with E-state index >= 15 is 0 Å². The number of unbranched alkanes of at least 4 members (excludes halogenated alkanes) is 1. The molecule has 0 aliphatic carbocycles. The number of nitrogens with zero attached hydrogens (tertiary/aromatic N) is 2. The molecule has 0 fully saturated rings. The molecule has 5 nitrogen and oxygen atoms in total. The van der Waals surface area contributed by atoms with Gasteiger partial charge in [0.1, 0.15) is 10.7 Å². The summed E-state index contributed by atoms with van der Waals surface area (Å²) < 4.78 is 26.1. The predicted molar refractivity (Wildman–Crippen MR) is 73.1 cm³/mol. The predicted octanol–water partition coefficient (Wildman–Crippen LogP) is 1.93. The summed E-state index contributed by atoms with van der Waals surface area (Å²) in [6.45, 7) is 5.11. The Morgan fingerprint density at radius 3 is 2.72 bits per heavy atom. The third-order valence-corrected chi connectivity index (χ3v) is 4.52. The van der Waals surface area contributed by atoms with Crippen LogP contribution in [0.4, 0.5) is 5.82 Å². The molecule has 1 rings (SSSR count). The Bertz CT molecular complexity index is 474. The summed E-state index contributed by atoms with van der Waals surface area (Å²) in [4.78, 5) is 4.32. The molecule has 0 aliphatic heterocycles. The molecule has 18 heavy (non-hydrogen) atoms. The van der Waals surface area contributed by atoms with E-state index in [9.17, 15) is 8.42 Å². The molecule has 0 spiro atoms. The van der Waals surface area contributed by atoms with Crippen molar-refractivity contribution in [2.45, 2.75) is 31.6 Å². The summed E-state index contributed by atoms with van der Waals surface area (Å²) in [6, 6.07) is 3.23. The Morgan fingerprint density at radius 2 is 2.11 bits per heavy atom. The fraction of sp³-hybridized carbons (Fsp3) is 0.583. The maximum absolute atomic E-state index is 12.4. The highest BCUT2D eigenvalue weighted by atomic mass is 32.2. The van der Waals surface area contributed by atoms with Crippen molar-refractivity contribution in [3.05, 3.63) is 18.3 Å². The van der Waals surface area contributed by atoms with Crippen LogP contribution in [0.2, 0.25) is 0 Å². The molecule has 1 N–H and O–H groups in total. The number of pyridine rings is 1. The first-order valence-electron chi connectivity index (χ1n) is 6.19. The quantitative estimate of drug-likeness (QED) is 0.823. The minimum atomic E-state index is -3.46. The summed E-state index contributed by atoms with van der Waals surface area (Å²) in [5, 5.41) is 2.98. The van der Waals surface area contributed by atoms with Crippen molar-refractivity contribution in [2.24, 2.45) is 0 Å². The Morgan fingerprint density at radius 1 is 1.39 bits per heavy atom. The number of rotatable bonds is 7. The number of hydrogen-bond acceptors (Lipinski definition) is 4. The van der Waals surface area contributed by atoms with Gasteiger partial charge >= 0.3 is 0 Å². The van der Waals surface area contributed by atoms with Crippen LogP contribution in [-0.4, -0.2) is 37.8 Å². The van der Waals surface area contributed by atoms with E-state index in [-0.39, 0.29) is 4.90 Å². The number of hydrogen-bond donors (Lipinski definition) is 1. The third-order valence-electron chi connectivity index (χ3n) is 2.63. The largest absolute Gasteiger partial charge is 0.369 e. The van der Waals surface area contributed by atoms with E-state index in [2.05, 4.69) is 10.3 Å². The Labute approximate surface area is 109 Å². The number of anilines is 1. The highest BCUT2D eigenvalue weighted by Gasteiger charge is 2.23. The van der Waals surface area contributed by atoms with Gasteiger partial charge in [0.15, 0.2) is 0 Å². The van der Waals surface area contributed by atoms with E-state index in [0.29, 0.717) is 18.9 Å². The molecular formula is C12H21N3O2S. The van der Waals surface area contributed by atoms with Gasteiger partial charge in [-0.2, -0.15) is 0 Å². The van der Waals surface area contributed by atoms with E-state index in [1.54, 1.807) is 25.4 Å². The normalized spacial score (nSPS) is 11.8. The van der Waals surface area contributed by atoms with Crippen molar-refractivity contribution in [3.63, 3.8) is 0 Å². The van der Waals surface area contributed by atoms with Gasteiger partial charge in [-0.15, -0.1) is 0 Å². The average Bonchev–Trinajstić information content (AvgIpc) is 2.36. The molecule has 0 atom stereocenters. The van der Waals surface area contributed by atoms with Crippen LogP contribution in [0, 0.1) is 0 Å². The molecular weight excluding hydrogens is 250 g/mol. The molecule has 0 radical (unpaired) electrons. The summed E-state index contributed by atoms with van der Waals surface area (Å²) in [5.41, 5.74) is 0. The monoisotopic (exact) mass is 271 g/mol. The Balaban J connectivity index is 3.04. The summed E-state index contributed by atoms with van der Waals surface area (Å²) >= 11 is 0. The first kappa shape index (κ1) is 14.9. The second kappa shape index (κ2) is 6.70. The molecule has 1 heterocycles. The lowest BCUT2D eigenvalue weighted by Gasteiger charge is -2.18. The summed E-state index contributed by atoms with van der Waals surface area (Å²) in [6.07, 6.45) is 3.41. The van der Waals surface area contributed by atoms with Crippen LogP contribution in [0.1, 0.15) is 26.7 Å². The third kappa shape index (κ3) is 3.43. The highest BCUT2D eigenvalue weighted by molar-refractivity contribution is 7.89. The molecule has 6 heteroatoms. The molecule has 0 unspecified atom stereocenters. The zero-order valence-corrected chi connectivity index (χ0v) is 12.0. The van der Waals surface area contributed by atoms with Gasteiger partial charge in [-0.3, -0.25) is 0 Å². The van der Waals surface area contributed by atoms with Crippen LogP contribution < -0.4 is 5.32 Å². The minimum Gasteiger partial charge on any atom is -0.369 e. The second-order valence-electron chi connectivity index (χ2n) is 4.06. The summed E-state index contributed by atoms with van der Waals surface area (Å²) in [5.74, 6) is 0.420. The lowest BCUT2D eigenvalue weighted by molar-refractivity contribution is 0.459. The van der Waals surface area contributed by atoms with Crippen molar-refractivity contribution in [1.29, 1.82) is 0 Å². The lowest BCUT2D eigenvalue weighted by atomic mass is 10.3. The first-order valence-corrected chi connectivity index (χ1v) is 7.63. The number of aromatic nitrogens is 1. The van der Waals surface area contributed by atoms with Crippen LogP contribution in [0.5, 0.6) is 0 Å². The summed E-state index contributed by atoms with van der Waals surface area (Å²) in [7, 11) is -1.85. The maximum Gasteiger partial charge on any atom is 0.246 e. The van der Waals surface area contributed by atoms with Gasteiger partial charge in [-0.25, -0.2) is 17.7 Å². The molecule has 0 aliphatic rings. The number of nitrogens with one attached hydrogen (secondary N) is 1. The van der Waals surface area contributed by atoms with Crippen molar-refractivity contribution in [3.8, 4) is 0 Å². The van der Waals surface area contributed by atoms with Crippen LogP contribution in [0.15, 0.2) is 23.2 Å². The van der Waals surface area contributed by atoms with Crippen molar-refractivity contribution in [2.75, 3.05) is 25.5 Å². The van der Waals surface area contributed by atoms with Gasteiger partial charge in [-0.05, 0) is 25.5 Å². The standard InChI is InChI=1S/C12H21N3O2S/c1-4-6-10-15(3)18(16,17)11-8-7-9-14-12(11)13-5-2/h7-9H,4-6,10H2,1-3H3,(H,13,14). The van der Waals surface area contributed by atoms with E-state index in [0.717, 1.165) is 12.8 Å². The van der Waals surface area contributed by atoms with Gasteiger partial charge in [-0.1, -0.05) is 13.3 Å². The fourth-order valence-electron chi connectivity index (χ4n) is 1.57. The number of sulfonamides is 1. The molecule has 0 amide bonds. The topological polar surface area (TPSA) is 62.3 Å². The van der Waals surface area contributed by atoms with Crippen LogP contribution in [0.25, 0.3) is 0 Å². The van der Waals surface area contributed by atoms with Crippen LogP contribution >= 0.6 is 0 Å². The van der Waals surface area contributed by atoms with E-state index in [1.165, 1.54) is 4.31 Å².